The fourth-order valence-electron chi connectivity index (χ4n) is 2.96. The molecule has 0 radical (unpaired) electrons. The summed E-state index contributed by atoms with van der Waals surface area (Å²) in [5.74, 6) is -0.195. The predicted molar refractivity (Wildman–Crippen MR) is 110 cm³/mol. The van der Waals surface area contributed by atoms with Crippen LogP contribution in [0.5, 0.6) is 0 Å². The molecular formula is C21H22N2O3S. The fraction of sp³-hybridized carbons (Fsp3) is 0.190. The van der Waals surface area contributed by atoms with Gasteiger partial charge in [-0.25, -0.2) is 8.42 Å². The maximum atomic E-state index is 12.5. The molecule has 0 unspecified atom stereocenters. The van der Waals surface area contributed by atoms with E-state index in [0.29, 0.717) is 17.8 Å². The van der Waals surface area contributed by atoms with E-state index in [9.17, 15) is 13.2 Å². The molecule has 0 fully saturated rings. The number of aryl methyl sites for hydroxylation is 1. The second kappa shape index (κ2) is 7.40. The molecule has 0 aromatic heterocycles. The highest BCUT2D eigenvalue weighted by Gasteiger charge is 2.15. The number of benzene rings is 3. The van der Waals surface area contributed by atoms with Crippen molar-refractivity contribution in [3.8, 4) is 0 Å². The standard InChI is InChI=1S/C21H22N2O3S/c1-15-12-19(10-11-20(15)23(2)27(3,25)26)21(24)22-14-16-8-9-17-6-4-5-7-18(17)13-16/h4-13H,14H2,1-3H3,(H,22,24). The lowest BCUT2D eigenvalue weighted by Gasteiger charge is -2.19. The zero-order chi connectivity index (χ0) is 19.6. The fourth-order valence-corrected chi connectivity index (χ4v) is 3.52. The third-order valence-electron chi connectivity index (χ3n) is 4.56. The maximum Gasteiger partial charge on any atom is 0.251 e. The van der Waals surface area contributed by atoms with Gasteiger partial charge in [0.15, 0.2) is 0 Å². The Kier molecular flexibility index (Phi) is 5.19. The number of sulfonamides is 1. The molecule has 0 atom stereocenters. The molecule has 3 aromatic carbocycles. The lowest BCUT2D eigenvalue weighted by molar-refractivity contribution is 0.0951. The summed E-state index contributed by atoms with van der Waals surface area (Å²) in [7, 11) is -1.85. The number of hydrogen-bond donors (Lipinski definition) is 1. The van der Waals surface area contributed by atoms with Crippen LogP contribution in [0.2, 0.25) is 0 Å². The highest BCUT2D eigenvalue weighted by Crippen LogP contribution is 2.22. The van der Waals surface area contributed by atoms with Crippen molar-refractivity contribution in [2.75, 3.05) is 17.6 Å². The van der Waals surface area contributed by atoms with Crippen LogP contribution >= 0.6 is 0 Å². The molecule has 0 aliphatic rings. The molecule has 3 rings (SSSR count). The van der Waals surface area contributed by atoms with Crippen molar-refractivity contribution in [3.05, 3.63) is 77.4 Å². The lowest BCUT2D eigenvalue weighted by atomic mass is 10.1. The Labute approximate surface area is 159 Å². The van der Waals surface area contributed by atoms with Crippen molar-refractivity contribution in [2.45, 2.75) is 13.5 Å². The summed E-state index contributed by atoms with van der Waals surface area (Å²) < 4.78 is 24.6. The van der Waals surface area contributed by atoms with Gasteiger partial charge in [0.2, 0.25) is 10.0 Å². The summed E-state index contributed by atoms with van der Waals surface area (Å²) >= 11 is 0. The van der Waals surface area contributed by atoms with E-state index in [1.54, 1.807) is 25.1 Å². The number of fused-ring (bicyclic) bond motifs is 1. The Hall–Kier alpha value is -2.86. The summed E-state index contributed by atoms with van der Waals surface area (Å²) in [4.78, 5) is 12.5. The van der Waals surface area contributed by atoms with Gasteiger partial charge in [-0.15, -0.1) is 0 Å². The first-order valence-corrected chi connectivity index (χ1v) is 10.4. The first kappa shape index (κ1) is 18.9. The van der Waals surface area contributed by atoms with E-state index in [1.165, 1.54) is 11.4 Å². The number of hydrogen-bond acceptors (Lipinski definition) is 3. The Morgan fingerprint density at radius 2 is 1.70 bits per heavy atom. The molecule has 1 amide bonds. The van der Waals surface area contributed by atoms with Crippen molar-refractivity contribution < 1.29 is 13.2 Å². The Bertz CT molecular complexity index is 1110. The number of amides is 1. The Morgan fingerprint density at radius 3 is 2.37 bits per heavy atom. The topological polar surface area (TPSA) is 66.5 Å². The van der Waals surface area contributed by atoms with Gasteiger partial charge in [0.05, 0.1) is 11.9 Å². The van der Waals surface area contributed by atoms with E-state index in [1.807, 2.05) is 30.3 Å². The number of nitrogens with zero attached hydrogens (tertiary/aromatic N) is 1. The van der Waals surface area contributed by atoms with Gasteiger partial charge in [-0.05, 0) is 53.1 Å². The molecule has 1 N–H and O–H groups in total. The molecule has 0 saturated carbocycles. The highest BCUT2D eigenvalue weighted by molar-refractivity contribution is 7.92. The molecule has 0 aliphatic carbocycles. The second-order valence-electron chi connectivity index (χ2n) is 6.60. The largest absolute Gasteiger partial charge is 0.348 e. The summed E-state index contributed by atoms with van der Waals surface area (Å²) in [5.41, 5.74) is 2.80. The molecule has 0 spiro atoms. The summed E-state index contributed by atoms with van der Waals surface area (Å²) in [6, 6.07) is 19.2. The molecule has 27 heavy (non-hydrogen) atoms. The quantitative estimate of drug-likeness (QED) is 0.735. The third kappa shape index (κ3) is 4.28. The number of anilines is 1. The van der Waals surface area contributed by atoms with E-state index >= 15 is 0 Å². The van der Waals surface area contributed by atoms with Gasteiger partial charge in [0, 0.05) is 19.2 Å². The minimum atomic E-state index is -3.34. The molecule has 3 aromatic rings. The van der Waals surface area contributed by atoms with Gasteiger partial charge in [-0.1, -0.05) is 36.4 Å². The number of nitrogens with one attached hydrogen (secondary N) is 1. The summed E-state index contributed by atoms with van der Waals surface area (Å²) in [6.45, 7) is 2.21. The number of carbonyl (C=O) groups is 1. The van der Waals surface area contributed by atoms with E-state index in [0.717, 1.165) is 28.2 Å². The second-order valence-corrected chi connectivity index (χ2v) is 8.61. The van der Waals surface area contributed by atoms with Crippen LogP contribution in [0.3, 0.4) is 0 Å². The van der Waals surface area contributed by atoms with Gasteiger partial charge in [0.25, 0.3) is 5.91 Å². The van der Waals surface area contributed by atoms with Crippen LogP contribution < -0.4 is 9.62 Å². The molecule has 0 saturated heterocycles. The van der Waals surface area contributed by atoms with Crippen LogP contribution in [0.25, 0.3) is 10.8 Å². The van der Waals surface area contributed by atoms with Gasteiger partial charge >= 0.3 is 0 Å². The van der Waals surface area contributed by atoms with Crippen molar-refractivity contribution >= 4 is 32.4 Å². The van der Waals surface area contributed by atoms with Crippen LogP contribution in [0, 0.1) is 6.92 Å². The Balaban J connectivity index is 1.73. The average molecular weight is 382 g/mol. The van der Waals surface area contributed by atoms with Gasteiger partial charge < -0.3 is 5.32 Å². The van der Waals surface area contributed by atoms with E-state index in [2.05, 4.69) is 17.4 Å². The average Bonchev–Trinajstić information content (AvgIpc) is 2.64. The van der Waals surface area contributed by atoms with E-state index < -0.39 is 10.0 Å². The molecule has 0 bridgehead atoms. The molecule has 5 nitrogen and oxygen atoms in total. The van der Waals surface area contributed by atoms with Gasteiger partial charge in [-0.3, -0.25) is 9.10 Å². The first-order chi connectivity index (χ1) is 12.8. The van der Waals surface area contributed by atoms with Crippen molar-refractivity contribution in [1.82, 2.24) is 5.32 Å². The smallest absolute Gasteiger partial charge is 0.251 e. The monoisotopic (exact) mass is 382 g/mol. The van der Waals surface area contributed by atoms with E-state index in [-0.39, 0.29) is 5.91 Å². The normalized spacial score (nSPS) is 11.4. The van der Waals surface area contributed by atoms with Crippen LogP contribution in [0.4, 0.5) is 5.69 Å². The van der Waals surface area contributed by atoms with Crippen molar-refractivity contribution in [2.24, 2.45) is 0 Å². The molecule has 0 heterocycles. The third-order valence-corrected chi connectivity index (χ3v) is 5.75. The minimum absolute atomic E-state index is 0.195. The Morgan fingerprint density at radius 1 is 1.00 bits per heavy atom. The van der Waals surface area contributed by atoms with Crippen LogP contribution in [-0.4, -0.2) is 27.6 Å². The highest BCUT2D eigenvalue weighted by atomic mass is 32.2. The molecule has 0 aliphatic heterocycles. The zero-order valence-corrected chi connectivity index (χ0v) is 16.4. The summed E-state index contributed by atoms with van der Waals surface area (Å²) in [5, 5.41) is 5.21. The number of carbonyl (C=O) groups excluding carboxylic acids is 1. The van der Waals surface area contributed by atoms with Crippen molar-refractivity contribution in [1.29, 1.82) is 0 Å². The SMILES string of the molecule is Cc1cc(C(=O)NCc2ccc3ccccc3c2)ccc1N(C)S(C)(=O)=O. The van der Waals surface area contributed by atoms with Crippen LogP contribution in [0.1, 0.15) is 21.5 Å². The summed E-state index contributed by atoms with van der Waals surface area (Å²) in [6.07, 6.45) is 1.15. The minimum Gasteiger partial charge on any atom is -0.348 e. The first-order valence-electron chi connectivity index (χ1n) is 8.56. The predicted octanol–water partition coefficient (Wildman–Crippen LogP) is 3.47. The maximum absolute atomic E-state index is 12.5. The molecule has 140 valence electrons. The van der Waals surface area contributed by atoms with Gasteiger partial charge in [0.1, 0.15) is 0 Å². The van der Waals surface area contributed by atoms with E-state index in [4.69, 9.17) is 0 Å². The molecular weight excluding hydrogens is 360 g/mol. The van der Waals surface area contributed by atoms with Crippen LogP contribution in [-0.2, 0) is 16.6 Å². The number of rotatable bonds is 5. The van der Waals surface area contributed by atoms with Gasteiger partial charge in [-0.2, -0.15) is 0 Å². The zero-order valence-electron chi connectivity index (χ0n) is 15.6. The molecule has 6 heteroatoms. The van der Waals surface area contributed by atoms with Crippen molar-refractivity contribution in [3.63, 3.8) is 0 Å². The van der Waals surface area contributed by atoms with Crippen LogP contribution in [0.15, 0.2) is 60.7 Å². The lowest BCUT2D eigenvalue weighted by Crippen LogP contribution is -2.26.